The zero-order valence-electron chi connectivity index (χ0n) is 15.1. The first-order valence-corrected chi connectivity index (χ1v) is 8.72. The second-order valence-corrected chi connectivity index (χ2v) is 6.29. The first-order valence-electron chi connectivity index (χ1n) is 8.72. The maximum Gasteiger partial charge on any atom is 0.291 e. The van der Waals surface area contributed by atoms with E-state index in [1.807, 2.05) is 37.3 Å². The number of fused-ring (bicyclic) bond motifs is 1. The molecule has 4 aromatic rings. The van der Waals surface area contributed by atoms with Crippen molar-refractivity contribution in [2.75, 3.05) is 10.6 Å². The number of nitrogens with zero attached hydrogens (tertiary/aromatic N) is 1. The van der Waals surface area contributed by atoms with Crippen LogP contribution in [0.4, 0.5) is 11.4 Å². The minimum absolute atomic E-state index is 0.206. The second kappa shape index (κ2) is 7.36. The summed E-state index contributed by atoms with van der Waals surface area (Å²) in [5, 5.41) is 6.56. The van der Waals surface area contributed by atoms with Crippen LogP contribution in [0.15, 0.2) is 77.5 Å². The normalized spacial score (nSPS) is 10.6. The molecule has 0 aliphatic rings. The zero-order valence-corrected chi connectivity index (χ0v) is 15.1. The molecule has 0 bridgehead atoms. The largest absolute Gasteiger partial charge is 0.459 e. The molecule has 2 N–H and O–H groups in total. The van der Waals surface area contributed by atoms with E-state index in [9.17, 15) is 9.59 Å². The van der Waals surface area contributed by atoms with E-state index in [0.29, 0.717) is 16.9 Å². The Morgan fingerprint density at radius 3 is 2.57 bits per heavy atom. The van der Waals surface area contributed by atoms with Crippen LogP contribution in [0.25, 0.3) is 10.9 Å². The Labute approximate surface area is 161 Å². The Hall–Kier alpha value is -3.93. The number of carbonyl (C=O) groups is 2. The highest BCUT2D eigenvalue weighted by Crippen LogP contribution is 2.23. The van der Waals surface area contributed by atoms with Gasteiger partial charge in [0, 0.05) is 22.8 Å². The molecule has 0 saturated carbocycles. The molecule has 2 heterocycles. The molecule has 0 radical (unpaired) electrons. The van der Waals surface area contributed by atoms with Crippen molar-refractivity contribution in [1.29, 1.82) is 0 Å². The van der Waals surface area contributed by atoms with E-state index in [1.165, 1.54) is 6.26 Å². The number of carbonyl (C=O) groups excluding carboxylic acids is 2. The molecule has 0 aliphatic heterocycles. The first-order chi connectivity index (χ1) is 13.6. The summed E-state index contributed by atoms with van der Waals surface area (Å²) >= 11 is 0. The fourth-order valence-corrected chi connectivity index (χ4v) is 2.90. The molecule has 4 rings (SSSR count). The maximum absolute atomic E-state index is 12.8. The predicted molar refractivity (Wildman–Crippen MR) is 108 cm³/mol. The van der Waals surface area contributed by atoms with Gasteiger partial charge in [0.25, 0.3) is 11.8 Å². The second-order valence-electron chi connectivity index (χ2n) is 6.29. The molecular weight excluding hydrogens is 354 g/mol. The number of rotatable bonds is 4. The molecule has 0 spiro atoms. The Balaban J connectivity index is 1.58. The van der Waals surface area contributed by atoms with Crippen LogP contribution in [0.1, 0.15) is 26.5 Å². The van der Waals surface area contributed by atoms with Gasteiger partial charge in [0.05, 0.1) is 17.5 Å². The third-order valence-corrected chi connectivity index (χ3v) is 4.39. The van der Waals surface area contributed by atoms with Gasteiger partial charge in [-0.1, -0.05) is 12.1 Å². The molecule has 6 nitrogen and oxygen atoms in total. The molecule has 0 unspecified atom stereocenters. The van der Waals surface area contributed by atoms with Crippen LogP contribution in [-0.2, 0) is 0 Å². The lowest BCUT2D eigenvalue weighted by Gasteiger charge is -2.11. The lowest BCUT2D eigenvalue weighted by Crippen LogP contribution is -2.15. The van der Waals surface area contributed by atoms with Gasteiger partial charge in [-0.15, -0.1) is 0 Å². The molecule has 6 heteroatoms. The Morgan fingerprint density at radius 1 is 0.893 bits per heavy atom. The van der Waals surface area contributed by atoms with Crippen LogP contribution in [0.5, 0.6) is 0 Å². The summed E-state index contributed by atoms with van der Waals surface area (Å²) in [7, 11) is 0. The standard InChI is InChI=1S/C22H17N3O3/c1-14-9-10-15(13-19(14)25-22(27)20-8-4-12-28-20)21(26)24-18-7-2-6-17-16(18)5-3-11-23-17/h2-13H,1H3,(H,24,26)(H,25,27). The number of furan rings is 1. The molecule has 0 atom stereocenters. The smallest absolute Gasteiger partial charge is 0.291 e. The van der Waals surface area contributed by atoms with Gasteiger partial charge >= 0.3 is 0 Å². The van der Waals surface area contributed by atoms with Crippen molar-refractivity contribution < 1.29 is 14.0 Å². The number of pyridine rings is 1. The van der Waals surface area contributed by atoms with Gasteiger partial charge < -0.3 is 15.1 Å². The molecule has 2 aromatic heterocycles. The van der Waals surface area contributed by atoms with E-state index in [-0.39, 0.29) is 17.6 Å². The van der Waals surface area contributed by atoms with Crippen LogP contribution in [0.3, 0.4) is 0 Å². The van der Waals surface area contributed by atoms with Crippen LogP contribution >= 0.6 is 0 Å². The highest BCUT2D eigenvalue weighted by molar-refractivity contribution is 6.10. The van der Waals surface area contributed by atoms with Crippen molar-refractivity contribution in [2.24, 2.45) is 0 Å². The number of aromatic nitrogens is 1. The highest BCUT2D eigenvalue weighted by Gasteiger charge is 2.14. The fourth-order valence-electron chi connectivity index (χ4n) is 2.90. The Kier molecular flexibility index (Phi) is 4.60. The Morgan fingerprint density at radius 2 is 1.75 bits per heavy atom. The van der Waals surface area contributed by atoms with Gasteiger partial charge in [-0.25, -0.2) is 0 Å². The van der Waals surface area contributed by atoms with Gasteiger partial charge in [-0.05, 0) is 61.0 Å². The SMILES string of the molecule is Cc1ccc(C(=O)Nc2cccc3ncccc23)cc1NC(=O)c1ccco1. The third-order valence-electron chi connectivity index (χ3n) is 4.39. The zero-order chi connectivity index (χ0) is 19.5. The topological polar surface area (TPSA) is 84.2 Å². The average Bonchev–Trinajstić information content (AvgIpc) is 3.25. The van der Waals surface area contributed by atoms with E-state index in [1.54, 1.807) is 36.5 Å². The molecule has 0 saturated heterocycles. The summed E-state index contributed by atoms with van der Waals surface area (Å²) in [6.07, 6.45) is 3.15. The summed E-state index contributed by atoms with van der Waals surface area (Å²) < 4.78 is 5.11. The number of benzene rings is 2. The number of hydrogen-bond donors (Lipinski definition) is 2. The minimum Gasteiger partial charge on any atom is -0.459 e. The van der Waals surface area contributed by atoms with Crippen LogP contribution in [0, 0.1) is 6.92 Å². The lowest BCUT2D eigenvalue weighted by molar-refractivity contribution is 0.0993. The number of anilines is 2. The van der Waals surface area contributed by atoms with Crippen molar-refractivity contribution in [3.63, 3.8) is 0 Å². The predicted octanol–water partition coefficient (Wildman–Crippen LogP) is 4.64. The average molecular weight is 371 g/mol. The van der Waals surface area contributed by atoms with E-state index in [2.05, 4.69) is 15.6 Å². The van der Waals surface area contributed by atoms with Crippen molar-refractivity contribution in [3.8, 4) is 0 Å². The maximum atomic E-state index is 12.8. The third kappa shape index (κ3) is 3.48. The van der Waals surface area contributed by atoms with Gasteiger partial charge in [-0.2, -0.15) is 0 Å². The molecule has 2 amide bonds. The van der Waals surface area contributed by atoms with Gasteiger partial charge in [-0.3, -0.25) is 14.6 Å². The highest BCUT2D eigenvalue weighted by atomic mass is 16.3. The van der Waals surface area contributed by atoms with Crippen molar-refractivity contribution >= 4 is 34.1 Å². The van der Waals surface area contributed by atoms with Crippen LogP contribution < -0.4 is 10.6 Å². The number of amides is 2. The summed E-state index contributed by atoms with van der Waals surface area (Å²) in [5.41, 5.74) is 3.30. The van der Waals surface area contributed by atoms with Crippen LogP contribution in [0.2, 0.25) is 0 Å². The van der Waals surface area contributed by atoms with Gasteiger partial charge in [0.1, 0.15) is 0 Å². The summed E-state index contributed by atoms with van der Waals surface area (Å²) in [5.74, 6) is -0.437. The molecular formula is C22H17N3O3. The van der Waals surface area contributed by atoms with Gasteiger partial charge in [0.15, 0.2) is 5.76 Å². The van der Waals surface area contributed by atoms with Crippen molar-refractivity contribution in [2.45, 2.75) is 6.92 Å². The number of hydrogen-bond acceptors (Lipinski definition) is 4. The monoisotopic (exact) mass is 371 g/mol. The minimum atomic E-state index is -0.370. The van der Waals surface area contributed by atoms with Crippen molar-refractivity contribution in [3.05, 3.63) is 90.0 Å². The molecule has 0 fully saturated rings. The quantitative estimate of drug-likeness (QED) is 0.547. The molecule has 28 heavy (non-hydrogen) atoms. The first kappa shape index (κ1) is 17.5. The van der Waals surface area contributed by atoms with E-state index in [0.717, 1.165) is 16.5 Å². The number of nitrogens with one attached hydrogen (secondary N) is 2. The fraction of sp³-hybridized carbons (Fsp3) is 0.0455. The van der Waals surface area contributed by atoms with E-state index in [4.69, 9.17) is 4.42 Å². The number of aryl methyl sites for hydroxylation is 1. The van der Waals surface area contributed by atoms with E-state index >= 15 is 0 Å². The lowest BCUT2D eigenvalue weighted by atomic mass is 10.1. The van der Waals surface area contributed by atoms with E-state index < -0.39 is 0 Å². The van der Waals surface area contributed by atoms with Crippen molar-refractivity contribution in [1.82, 2.24) is 4.98 Å². The molecule has 2 aromatic carbocycles. The summed E-state index contributed by atoms with van der Waals surface area (Å²) in [6, 6.07) is 17.7. The van der Waals surface area contributed by atoms with Gasteiger partial charge in [0.2, 0.25) is 0 Å². The Bertz CT molecular complexity index is 1160. The molecule has 138 valence electrons. The summed E-state index contributed by atoms with van der Waals surface area (Å²) in [6.45, 7) is 1.86. The molecule has 0 aliphatic carbocycles. The van der Waals surface area contributed by atoms with Crippen LogP contribution in [-0.4, -0.2) is 16.8 Å². The summed E-state index contributed by atoms with van der Waals surface area (Å²) in [4.78, 5) is 29.3.